The molecule has 3 saturated heterocycles. The molecule has 2 atom stereocenters. The molecule has 0 bridgehead atoms. The van der Waals surface area contributed by atoms with E-state index in [1.807, 2.05) is 13.8 Å². The number of hydrogen-bond donors (Lipinski definition) is 2. The van der Waals surface area contributed by atoms with Gasteiger partial charge in [0.2, 0.25) is 0 Å². The van der Waals surface area contributed by atoms with Crippen molar-refractivity contribution in [2.24, 2.45) is 0 Å². The van der Waals surface area contributed by atoms with Gasteiger partial charge in [-0.05, 0) is 26.7 Å². The van der Waals surface area contributed by atoms with E-state index in [1.165, 1.54) is 8.61 Å². The Morgan fingerprint density at radius 2 is 1.65 bits per heavy atom. The van der Waals surface area contributed by atoms with E-state index >= 15 is 0 Å². The van der Waals surface area contributed by atoms with Crippen molar-refractivity contribution < 1.29 is 22.7 Å². The molecule has 3 fully saturated rings. The Morgan fingerprint density at radius 1 is 1.09 bits per heavy atom. The topological polar surface area (TPSA) is 108 Å². The number of carbonyl (C=O) groups is 2. The van der Waals surface area contributed by atoms with Crippen LogP contribution in [0.1, 0.15) is 26.7 Å². The maximum Gasteiger partial charge on any atom is 0.322 e. The minimum Gasteiger partial charge on any atom is -0.373 e. The fraction of sp³-hybridized carbons (Fsp3) is 0.846. The Morgan fingerprint density at radius 3 is 2.13 bits per heavy atom. The summed E-state index contributed by atoms with van der Waals surface area (Å²) in [5.74, 6) is -0.367. The number of urea groups is 1. The van der Waals surface area contributed by atoms with E-state index in [1.54, 1.807) is 0 Å². The van der Waals surface area contributed by atoms with Crippen LogP contribution in [0.2, 0.25) is 0 Å². The highest BCUT2D eigenvalue weighted by atomic mass is 32.2. The van der Waals surface area contributed by atoms with Crippen LogP contribution >= 0.6 is 0 Å². The molecule has 23 heavy (non-hydrogen) atoms. The van der Waals surface area contributed by atoms with Gasteiger partial charge in [0.25, 0.3) is 16.1 Å². The first kappa shape index (κ1) is 16.6. The van der Waals surface area contributed by atoms with Gasteiger partial charge in [-0.2, -0.15) is 17.0 Å². The van der Waals surface area contributed by atoms with Crippen LogP contribution in [-0.4, -0.2) is 72.9 Å². The smallest absolute Gasteiger partial charge is 0.322 e. The largest absolute Gasteiger partial charge is 0.373 e. The van der Waals surface area contributed by atoms with Crippen molar-refractivity contribution in [3.05, 3.63) is 0 Å². The zero-order valence-corrected chi connectivity index (χ0v) is 14.1. The van der Waals surface area contributed by atoms with Crippen LogP contribution in [0.15, 0.2) is 0 Å². The fourth-order valence-corrected chi connectivity index (χ4v) is 5.23. The monoisotopic (exact) mass is 346 g/mol. The van der Waals surface area contributed by atoms with Gasteiger partial charge in [0.05, 0.1) is 12.2 Å². The van der Waals surface area contributed by atoms with Gasteiger partial charge in [-0.1, -0.05) is 0 Å². The molecule has 3 rings (SSSR count). The maximum atomic E-state index is 12.8. The van der Waals surface area contributed by atoms with Crippen LogP contribution in [-0.2, 0) is 19.7 Å². The highest BCUT2D eigenvalue weighted by Crippen LogP contribution is 2.28. The number of morpholine rings is 1. The minimum atomic E-state index is -3.59. The number of carbonyl (C=O) groups excluding carboxylic acids is 2. The van der Waals surface area contributed by atoms with Crippen molar-refractivity contribution in [3.8, 4) is 0 Å². The summed E-state index contributed by atoms with van der Waals surface area (Å²) in [5.41, 5.74) is -0.964. The summed E-state index contributed by atoms with van der Waals surface area (Å²) in [6, 6.07) is -0.512. The number of amides is 3. The van der Waals surface area contributed by atoms with Gasteiger partial charge in [0, 0.05) is 26.2 Å². The number of piperidine rings is 1. The second-order valence-electron chi connectivity index (χ2n) is 6.47. The highest BCUT2D eigenvalue weighted by Gasteiger charge is 2.50. The molecular weight excluding hydrogens is 324 g/mol. The van der Waals surface area contributed by atoms with Crippen molar-refractivity contribution in [1.29, 1.82) is 0 Å². The summed E-state index contributed by atoms with van der Waals surface area (Å²) < 4.78 is 34.0. The molecule has 0 aromatic carbocycles. The summed E-state index contributed by atoms with van der Waals surface area (Å²) in [4.78, 5) is 23.2. The van der Waals surface area contributed by atoms with Crippen LogP contribution in [0.4, 0.5) is 4.79 Å². The normalized spacial score (nSPS) is 32.8. The van der Waals surface area contributed by atoms with E-state index in [4.69, 9.17) is 4.74 Å². The molecule has 0 aromatic rings. The van der Waals surface area contributed by atoms with Crippen molar-refractivity contribution in [2.75, 3.05) is 26.2 Å². The van der Waals surface area contributed by atoms with Gasteiger partial charge in [-0.3, -0.25) is 10.1 Å². The van der Waals surface area contributed by atoms with E-state index in [0.717, 1.165) is 0 Å². The quantitative estimate of drug-likeness (QED) is 0.625. The molecule has 0 aliphatic carbocycles. The lowest BCUT2D eigenvalue weighted by Gasteiger charge is -2.41. The maximum absolute atomic E-state index is 12.8. The number of nitrogens with zero attached hydrogens (tertiary/aromatic N) is 2. The molecule has 3 aliphatic heterocycles. The van der Waals surface area contributed by atoms with Crippen LogP contribution in [0.3, 0.4) is 0 Å². The first-order valence-corrected chi connectivity index (χ1v) is 9.17. The van der Waals surface area contributed by atoms with Gasteiger partial charge in [0.1, 0.15) is 5.54 Å². The van der Waals surface area contributed by atoms with E-state index in [2.05, 4.69) is 10.6 Å². The molecule has 9 nitrogen and oxygen atoms in total. The molecule has 0 saturated carbocycles. The predicted octanol–water partition coefficient (Wildman–Crippen LogP) is -0.986. The first-order valence-electron chi connectivity index (χ1n) is 7.77. The predicted molar refractivity (Wildman–Crippen MR) is 80.7 cm³/mol. The molecular formula is C13H22N4O5S. The van der Waals surface area contributed by atoms with Crippen LogP contribution in [0.5, 0.6) is 0 Å². The van der Waals surface area contributed by atoms with Crippen LogP contribution in [0, 0.1) is 0 Å². The van der Waals surface area contributed by atoms with Crippen molar-refractivity contribution in [1.82, 2.24) is 19.2 Å². The minimum absolute atomic E-state index is 0.149. The average Bonchev–Trinajstić information content (AvgIpc) is 2.72. The molecule has 3 heterocycles. The molecule has 2 N–H and O–H groups in total. The summed E-state index contributed by atoms with van der Waals surface area (Å²) in [6.07, 6.45) is 0.257. The van der Waals surface area contributed by atoms with Gasteiger partial charge in [-0.15, -0.1) is 0 Å². The van der Waals surface area contributed by atoms with Gasteiger partial charge >= 0.3 is 6.03 Å². The number of imide groups is 1. The lowest BCUT2D eigenvalue weighted by molar-refractivity contribution is -0.125. The highest BCUT2D eigenvalue weighted by molar-refractivity contribution is 7.86. The van der Waals surface area contributed by atoms with Crippen molar-refractivity contribution in [2.45, 2.75) is 44.4 Å². The van der Waals surface area contributed by atoms with Gasteiger partial charge < -0.3 is 10.1 Å². The molecule has 130 valence electrons. The number of ether oxygens (including phenoxy) is 1. The van der Waals surface area contributed by atoms with Crippen molar-refractivity contribution in [3.63, 3.8) is 0 Å². The fourth-order valence-electron chi connectivity index (χ4n) is 3.46. The Labute approximate surface area is 135 Å². The van der Waals surface area contributed by atoms with E-state index in [9.17, 15) is 18.0 Å². The second kappa shape index (κ2) is 5.69. The molecule has 0 radical (unpaired) electrons. The summed E-state index contributed by atoms with van der Waals surface area (Å²) in [6.45, 7) is 4.76. The van der Waals surface area contributed by atoms with Crippen molar-refractivity contribution >= 4 is 22.1 Å². The van der Waals surface area contributed by atoms with Gasteiger partial charge in [0.15, 0.2) is 0 Å². The summed E-state index contributed by atoms with van der Waals surface area (Å²) in [7, 11) is -3.59. The van der Waals surface area contributed by atoms with Crippen LogP contribution < -0.4 is 10.6 Å². The Balaban J connectivity index is 1.69. The Bertz CT molecular complexity index is 604. The third-order valence-electron chi connectivity index (χ3n) is 4.63. The standard InChI is InChI=1S/C13H22N4O5S/c1-9-7-17(8-10(2)22-9)23(20,21)16-5-3-13(4-6-16)11(18)14-12(19)15-13/h9-10H,3-8H2,1-2H3,(H2,14,15,18,19)/t9-,10+. The molecule has 3 aliphatic rings. The zero-order chi connectivity index (χ0) is 16.8. The number of nitrogens with one attached hydrogen (secondary N) is 2. The molecule has 0 unspecified atom stereocenters. The van der Waals surface area contributed by atoms with Gasteiger partial charge in [-0.25, -0.2) is 4.79 Å². The van der Waals surface area contributed by atoms with E-state index < -0.39 is 21.8 Å². The Kier molecular flexibility index (Phi) is 4.11. The Hall–Kier alpha value is -1.23. The SMILES string of the molecule is C[C@@H]1CN(S(=O)(=O)N2CCC3(CC2)NC(=O)NC3=O)C[C@H](C)O1. The zero-order valence-electron chi connectivity index (χ0n) is 13.2. The summed E-state index contributed by atoms with van der Waals surface area (Å²) >= 11 is 0. The molecule has 10 heteroatoms. The third kappa shape index (κ3) is 2.95. The lowest BCUT2D eigenvalue weighted by Crippen LogP contribution is -2.59. The molecule has 3 amide bonds. The first-order chi connectivity index (χ1) is 10.7. The van der Waals surface area contributed by atoms with E-state index in [0.29, 0.717) is 13.1 Å². The lowest BCUT2D eigenvalue weighted by atomic mass is 9.89. The second-order valence-corrected chi connectivity index (χ2v) is 8.40. The van der Waals surface area contributed by atoms with E-state index in [-0.39, 0.29) is 44.0 Å². The third-order valence-corrected chi connectivity index (χ3v) is 6.60. The molecule has 1 spiro atoms. The number of rotatable bonds is 2. The van der Waals surface area contributed by atoms with Crippen LogP contribution in [0.25, 0.3) is 0 Å². The number of hydrogen-bond acceptors (Lipinski definition) is 5. The molecule has 0 aromatic heterocycles. The summed E-state index contributed by atoms with van der Waals surface area (Å²) in [5, 5.41) is 4.85. The average molecular weight is 346 g/mol.